The monoisotopic (exact) mass is 291 g/mol. The van der Waals surface area contributed by atoms with Crippen LogP contribution >= 0.6 is 0 Å². The van der Waals surface area contributed by atoms with Crippen molar-refractivity contribution in [2.75, 3.05) is 18.6 Å². The summed E-state index contributed by atoms with van der Waals surface area (Å²) in [7, 11) is 1.33. The molecule has 1 aromatic rings. The highest BCUT2D eigenvalue weighted by atomic mass is 19.4. The van der Waals surface area contributed by atoms with Gasteiger partial charge < -0.3 is 15.1 Å². The van der Waals surface area contributed by atoms with Crippen molar-refractivity contribution in [1.29, 1.82) is 0 Å². The lowest BCUT2D eigenvalue weighted by Gasteiger charge is -2.20. The predicted molar refractivity (Wildman–Crippen MR) is 61.8 cm³/mol. The van der Waals surface area contributed by atoms with Crippen LogP contribution in [0.25, 0.3) is 0 Å². The van der Waals surface area contributed by atoms with Crippen LogP contribution in [0.4, 0.5) is 23.8 Å². The summed E-state index contributed by atoms with van der Waals surface area (Å²) >= 11 is 0. The van der Waals surface area contributed by atoms with Gasteiger partial charge in [0.05, 0.1) is 12.2 Å². The Kier molecular flexibility index (Phi) is 3.57. The van der Waals surface area contributed by atoms with Gasteiger partial charge in [0.25, 0.3) is 0 Å². The lowest BCUT2D eigenvalue weighted by Crippen LogP contribution is -2.39. The Morgan fingerprint density at radius 2 is 2.10 bits per heavy atom. The van der Waals surface area contributed by atoms with Crippen molar-refractivity contribution in [2.24, 2.45) is 0 Å². The average molecular weight is 291 g/mol. The maximum Gasteiger partial charge on any atom is 0.416 e. The van der Waals surface area contributed by atoms with E-state index in [1.807, 2.05) is 0 Å². The zero-order chi connectivity index (χ0) is 15.1. The first-order valence-corrected chi connectivity index (χ1v) is 5.65. The Labute approximate surface area is 112 Å². The molecule has 1 aliphatic heterocycles. The first-order chi connectivity index (χ1) is 9.27. The number of carbonyl (C=O) groups excluding carboxylic acids is 1. The summed E-state index contributed by atoms with van der Waals surface area (Å²) in [5.41, 5.74) is -0.974. The topological polar surface area (TPSA) is 76.9 Å². The van der Waals surface area contributed by atoms with Crippen LogP contribution in [0.3, 0.4) is 0 Å². The molecule has 2 unspecified atom stereocenters. The second-order valence-electron chi connectivity index (χ2n) is 4.33. The van der Waals surface area contributed by atoms with E-state index in [0.717, 1.165) is 22.1 Å². The third kappa shape index (κ3) is 2.29. The molecule has 0 spiro atoms. The van der Waals surface area contributed by atoms with Crippen molar-refractivity contribution in [3.05, 3.63) is 23.9 Å². The molecule has 0 aromatic carbocycles. The third-order valence-corrected chi connectivity index (χ3v) is 3.12. The fraction of sp³-hybridized carbons (Fsp3) is 0.455. The van der Waals surface area contributed by atoms with Crippen molar-refractivity contribution in [3.63, 3.8) is 0 Å². The van der Waals surface area contributed by atoms with E-state index < -0.39 is 36.6 Å². The molecular weight excluding hydrogens is 279 g/mol. The number of carbonyl (C=O) groups is 1. The molecule has 110 valence electrons. The van der Waals surface area contributed by atoms with Crippen molar-refractivity contribution in [2.45, 2.75) is 18.4 Å². The first kappa shape index (κ1) is 14.5. The minimum Gasteiger partial charge on any atom is -0.394 e. The highest BCUT2D eigenvalue weighted by Gasteiger charge is 2.44. The number of urea groups is 1. The van der Waals surface area contributed by atoms with Crippen LogP contribution in [-0.2, 0) is 6.18 Å². The molecule has 2 amide bonds. The zero-order valence-corrected chi connectivity index (χ0v) is 10.4. The fourth-order valence-electron chi connectivity index (χ4n) is 1.97. The van der Waals surface area contributed by atoms with Crippen LogP contribution in [0.5, 0.6) is 0 Å². The van der Waals surface area contributed by atoms with Crippen molar-refractivity contribution >= 4 is 11.8 Å². The fourth-order valence-corrected chi connectivity index (χ4v) is 1.97. The van der Waals surface area contributed by atoms with E-state index in [1.165, 1.54) is 7.05 Å². The molecule has 2 atom stereocenters. The van der Waals surface area contributed by atoms with E-state index in [-0.39, 0.29) is 5.82 Å². The van der Waals surface area contributed by atoms with Gasteiger partial charge >= 0.3 is 12.2 Å². The van der Waals surface area contributed by atoms with Gasteiger partial charge in [-0.15, -0.1) is 0 Å². The average Bonchev–Trinajstić information content (AvgIpc) is 2.59. The van der Waals surface area contributed by atoms with E-state index in [2.05, 4.69) is 4.98 Å². The molecule has 6 nitrogen and oxygen atoms in total. The molecule has 2 N–H and O–H groups in total. The van der Waals surface area contributed by atoms with E-state index in [0.29, 0.717) is 6.07 Å². The molecule has 0 saturated carbocycles. The second-order valence-corrected chi connectivity index (χ2v) is 4.33. The molecule has 2 rings (SSSR count). The van der Waals surface area contributed by atoms with Crippen LogP contribution in [0.2, 0.25) is 0 Å². The molecule has 1 saturated heterocycles. The SMILES string of the molecule is CN1C(=O)N(c2cc(C(F)(F)F)ccn2)C(O)C1CO. The number of hydrogen-bond donors (Lipinski definition) is 2. The summed E-state index contributed by atoms with van der Waals surface area (Å²) in [4.78, 5) is 17.3. The standard InChI is InChI=1S/C11H12F3N3O3/c1-16-7(5-18)9(19)17(10(16)20)8-4-6(2-3-15-8)11(12,13)14/h2-4,7,9,18-19H,5H2,1H3. The van der Waals surface area contributed by atoms with Crippen molar-refractivity contribution in [3.8, 4) is 0 Å². The Hall–Kier alpha value is -1.87. The van der Waals surface area contributed by atoms with Crippen LogP contribution in [0, 0.1) is 0 Å². The number of amides is 2. The number of halogens is 3. The van der Waals surface area contributed by atoms with Gasteiger partial charge in [-0.1, -0.05) is 0 Å². The van der Waals surface area contributed by atoms with Gasteiger partial charge in [-0.2, -0.15) is 13.2 Å². The molecule has 0 aliphatic carbocycles. The maximum absolute atomic E-state index is 12.6. The lowest BCUT2D eigenvalue weighted by atomic mass is 10.2. The Morgan fingerprint density at radius 3 is 2.60 bits per heavy atom. The van der Waals surface area contributed by atoms with Gasteiger partial charge in [-0.05, 0) is 12.1 Å². The number of alkyl halides is 3. The second kappa shape index (κ2) is 4.91. The molecule has 1 aromatic heterocycles. The molecular formula is C11H12F3N3O3. The number of anilines is 1. The summed E-state index contributed by atoms with van der Waals surface area (Å²) in [6.45, 7) is -0.515. The zero-order valence-electron chi connectivity index (χ0n) is 10.4. The quantitative estimate of drug-likeness (QED) is 0.839. The number of hydrogen-bond acceptors (Lipinski definition) is 4. The van der Waals surface area contributed by atoms with Gasteiger partial charge in [0.1, 0.15) is 11.9 Å². The summed E-state index contributed by atoms with van der Waals surface area (Å²) in [5.74, 6) is -0.319. The maximum atomic E-state index is 12.6. The molecule has 0 bridgehead atoms. The van der Waals surface area contributed by atoms with Crippen molar-refractivity contribution in [1.82, 2.24) is 9.88 Å². The highest BCUT2D eigenvalue weighted by Crippen LogP contribution is 2.32. The summed E-state index contributed by atoms with van der Waals surface area (Å²) in [6, 6.07) is -0.208. The normalized spacial score (nSPS) is 23.6. The number of rotatable bonds is 2. The Bertz CT molecular complexity index is 523. The number of pyridine rings is 1. The molecule has 0 radical (unpaired) electrons. The molecule has 2 heterocycles. The smallest absolute Gasteiger partial charge is 0.394 e. The van der Waals surface area contributed by atoms with Gasteiger partial charge in [0.2, 0.25) is 0 Å². The molecule has 9 heteroatoms. The van der Waals surface area contributed by atoms with Crippen LogP contribution in [0.15, 0.2) is 18.3 Å². The highest BCUT2D eigenvalue weighted by molar-refractivity contribution is 5.94. The number of likely N-dealkylation sites (N-methyl/N-ethyl adjacent to an activating group) is 1. The predicted octanol–water partition coefficient (Wildman–Crippen LogP) is 0.651. The van der Waals surface area contributed by atoms with Crippen molar-refractivity contribution < 1.29 is 28.2 Å². The lowest BCUT2D eigenvalue weighted by molar-refractivity contribution is -0.137. The summed E-state index contributed by atoms with van der Waals surface area (Å²) < 4.78 is 37.9. The molecule has 1 aliphatic rings. The summed E-state index contributed by atoms with van der Waals surface area (Å²) in [6.07, 6.45) is -5.13. The third-order valence-electron chi connectivity index (χ3n) is 3.12. The number of aliphatic hydroxyl groups is 2. The number of aliphatic hydroxyl groups excluding tert-OH is 2. The van der Waals surface area contributed by atoms with Gasteiger partial charge in [0.15, 0.2) is 6.23 Å². The van der Waals surface area contributed by atoms with E-state index in [4.69, 9.17) is 5.11 Å². The van der Waals surface area contributed by atoms with Crippen LogP contribution in [-0.4, -0.2) is 52.1 Å². The largest absolute Gasteiger partial charge is 0.416 e. The first-order valence-electron chi connectivity index (χ1n) is 5.65. The van der Waals surface area contributed by atoms with Crippen LogP contribution in [0.1, 0.15) is 5.56 Å². The van der Waals surface area contributed by atoms with E-state index >= 15 is 0 Å². The minimum atomic E-state index is -4.58. The number of aromatic nitrogens is 1. The van der Waals surface area contributed by atoms with E-state index in [1.54, 1.807) is 0 Å². The van der Waals surface area contributed by atoms with Gasteiger partial charge in [0, 0.05) is 13.2 Å². The Balaban J connectivity index is 2.39. The molecule has 20 heavy (non-hydrogen) atoms. The minimum absolute atomic E-state index is 0.319. The molecule has 1 fully saturated rings. The van der Waals surface area contributed by atoms with Gasteiger partial charge in [-0.3, -0.25) is 0 Å². The number of nitrogens with zero attached hydrogens (tertiary/aromatic N) is 3. The van der Waals surface area contributed by atoms with Gasteiger partial charge in [-0.25, -0.2) is 14.7 Å². The Morgan fingerprint density at radius 1 is 1.45 bits per heavy atom. The summed E-state index contributed by atoms with van der Waals surface area (Å²) in [5, 5.41) is 19.0. The van der Waals surface area contributed by atoms with E-state index in [9.17, 15) is 23.1 Å². The van der Waals surface area contributed by atoms with Crippen LogP contribution < -0.4 is 4.90 Å².